The van der Waals surface area contributed by atoms with Crippen LogP contribution >= 0.6 is 0 Å². The summed E-state index contributed by atoms with van der Waals surface area (Å²) in [6.07, 6.45) is 6.28. The van der Waals surface area contributed by atoms with Crippen LogP contribution in [-0.4, -0.2) is 0 Å². The smallest absolute Gasteiger partial charge is 0.0158 e. The fourth-order valence-electron chi connectivity index (χ4n) is 2.57. The fourth-order valence-corrected chi connectivity index (χ4v) is 2.57. The quantitative estimate of drug-likeness (QED) is 0.638. The zero-order chi connectivity index (χ0) is 13.8. The van der Waals surface area contributed by atoms with E-state index in [1.165, 1.54) is 22.3 Å². The van der Waals surface area contributed by atoms with E-state index in [0.29, 0.717) is 0 Å². The van der Waals surface area contributed by atoms with E-state index in [4.69, 9.17) is 0 Å². The molecule has 0 spiro atoms. The summed E-state index contributed by atoms with van der Waals surface area (Å²) in [6.45, 7) is 14.6. The van der Waals surface area contributed by atoms with Crippen LogP contribution in [0.25, 0.3) is 5.57 Å². The third kappa shape index (κ3) is 2.20. The van der Waals surface area contributed by atoms with Crippen LogP contribution in [0.4, 0.5) is 0 Å². The van der Waals surface area contributed by atoms with Gasteiger partial charge in [-0.25, -0.2) is 0 Å². The maximum atomic E-state index is 3.95. The Morgan fingerprint density at radius 1 is 1.11 bits per heavy atom. The second-order valence-corrected chi connectivity index (χ2v) is 4.70. The number of hydrogen-bond donors (Lipinski definition) is 0. The summed E-state index contributed by atoms with van der Waals surface area (Å²) in [5.41, 5.74) is 5.46. The van der Waals surface area contributed by atoms with Crippen molar-refractivity contribution in [2.24, 2.45) is 0 Å². The van der Waals surface area contributed by atoms with Crippen LogP contribution in [0.15, 0.2) is 54.6 Å². The van der Waals surface area contributed by atoms with Crippen molar-refractivity contribution >= 4 is 5.57 Å². The fraction of sp³-hybridized carbons (Fsp3) is 0.333. The Bertz CT molecular complexity index is 485. The molecule has 0 heteroatoms. The van der Waals surface area contributed by atoms with E-state index in [1.807, 2.05) is 19.9 Å². The molecule has 0 aliphatic heterocycles. The van der Waals surface area contributed by atoms with Crippen LogP contribution in [-0.2, 0) is 5.41 Å². The maximum absolute atomic E-state index is 3.95. The first-order chi connectivity index (χ1) is 8.62. The van der Waals surface area contributed by atoms with Crippen molar-refractivity contribution in [1.29, 1.82) is 0 Å². The van der Waals surface area contributed by atoms with E-state index in [1.54, 1.807) is 0 Å². The van der Waals surface area contributed by atoms with Gasteiger partial charge in [0.15, 0.2) is 0 Å². The third-order valence-electron chi connectivity index (χ3n) is 3.39. The first-order valence-corrected chi connectivity index (χ1v) is 6.72. The molecule has 1 aromatic rings. The van der Waals surface area contributed by atoms with Crippen LogP contribution in [0.5, 0.6) is 0 Å². The minimum atomic E-state index is 0.0899. The van der Waals surface area contributed by atoms with Gasteiger partial charge in [-0.1, -0.05) is 76.8 Å². The summed E-state index contributed by atoms with van der Waals surface area (Å²) in [5.74, 6) is 0. The minimum absolute atomic E-state index is 0.0899. The zero-order valence-electron chi connectivity index (χ0n) is 12.2. The molecule has 0 unspecified atom stereocenters. The SMILES string of the molecule is C=CC1=C(/C=C\C)C(C)(C)c2ccccc21.CC. The van der Waals surface area contributed by atoms with Crippen LogP contribution in [0.2, 0.25) is 0 Å². The van der Waals surface area contributed by atoms with E-state index in [2.05, 4.69) is 63.8 Å². The van der Waals surface area contributed by atoms with Gasteiger partial charge in [0.2, 0.25) is 0 Å². The predicted octanol–water partition coefficient (Wildman–Crippen LogP) is 5.52. The van der Waals surface area contributed by atoms with Crippen molar-refractivity contribution in [1.82, 2.24) is 0 Å². The van der Waals surface area contributed by atoms with Crippen molar-refractivity contribution in [3.05, 3.63) is 65.8 Å². The monoisotopic (exact) mass is 240 g/mol. The predicted molar refractivity (Wildman–Crippen MR) is 82.7 cm³/mol. The summed E-state index contributed by atoms with van der Waals surface area (Å²) in [7, 11) is 0. The van der Waals surface area contributed by atoms with E-state index in [-0.39, 0.29) is 5.41 Å². The molecule has 0 N–H and O–H groups in total. The lowest BCUT2D eigenvalue weighted by Crippen LogP contribution is -2.15. The molecule has 0 atom stereocenters. The lowest BCUT2D eigenvalue weighted by Gasteiger charge is -2.22. The highest BCUT2D eigenvalue weighted by molar-refractivity contribution is 5.87. The molecule has 0 saturated carbocycles. The molecule has 1 aliphatic rings. The lowest BCUT2D eigenvalue weighted by molar-refractivity contribution is 0.654. The van der Waals surface area contributed by atoms with Crippen molar-refractivity contribution in [2.45, 2.75) is 40.0 Å². The molecule has 0 aromatic heterocycles. The van der Waals surface area contributed by atoms with Gasteiger partial charge >= 0.3 is 0 Å². The van der Waals surface area contributed by atoms with Gasteiger partial charge in [0.1, 0.15) is 0 Å². The summed E-state index contributed by atoms with van der Waals surface area (Å²) in [5, 5.41) is 0. The molecule has 18 heavy (non-hydrogen) atoms. The molecule has 1 aliphatic carbocycles. The minimum Gasteiger partial charge on any atom is -0.0984 e. The van der Waals surface area contributed by atoms with Gasteiger partial charge in [0, 0.05) is 5.41 Å². The number of allylic oxidation sites excluding steroid dienone is 5. The Labute approximate surface area is 112 Å². The summed E-state index contributed by atoms with van der Waals surface area (Å²) in [4.78, 5) is 0. The van der Waals surface area contributed by atoms with Gasteiger partial charge in [0.25, 0.3) is 0 Å². The molecule has 0 nitrogen and oxygen atoms in total. The third-order valence-corrected chi connectivity index (χ3v) is 3.39. The standard InChI is InChI=1S/C16H18.C2H6/c1-5-9-14-12(6-2)13-10-7-8-11-15(13)16(14,3)4;1-2/h5-11H,2H2,1,3-4H3;1-2H3/b9-5-;. The first-order valence-electron chi connectivity index (χ1n) is 6.72. The second-order valence-electron chi connectivity index (χ2n) is 4.70. The lowest BCUT2D eigenvalue weighted by atomic mass is 9.81. The molecule has 2 rings (SSSR count). The van der Waals surface area contributed by atoms with Crippen LogP contribution in [0, 0.1) is 0 Å². The number of fused-ring (bicyclic) bond motifs is 1. The summed E-state index contributed by atoms with van der Waals surface area (Å²) >= 11 is 0. The topological polar surface area (TPSA) is 0 Å². The molecule has 0 heterocycles. The highest BCUT2D eigenvalue weighted by Gasteiger charge is 2.34. The highest BCUT2D eigenvalue weighted by atomic mass is 14.4. The Morgan fingerprint density at radius 2 is 1.72 bits per heavy atom. The van der Waals surface area contributed by atoms with E-state index in [0.717, 1.165) is 0 Å². The van der Waals surface area contributed by atoms with Gasteiger partial charge in [0.05, 0.1) is 0 Å². The summed E-state index contributed by atoms with van der Waals surface area (Å²) < 4.78 is 0. The van der Waals surface area contributed by atoms with Gasteiger partial charge < -0.3 is 0 Å². The Kier molecular flexibility index (Phi) is 4.72. The number of benzene rings is 1. The molecule has 0 radical (unpaired) electrons. The zero-order valence-corrected chi connectivity index (χ0v) is 12.2. The summed E-state index contributed by atoms with van der Waals surface area (Å²) in [6, 6.07) is 8.61. The highest BCUT2D eigenvalue weighted by Crippen LogP contribution is 2.46. The Balaban J connectivity index is 0.000000771. The first kappa shape index (κ1) is 14.5. The largest absolute Gasteiger partial charge is 0.0984 e. The Morgan fingerprint density at radius 3 is 2.28 bits per heavy atom. The second kappa shape index (κ2) is 5.86. The number of rotatable bonds is 2. The van der Waals surface area contributed by atoms with Crippen molar-refractivity contribution in [3.8, 4) is 0 Å². The van der Waals surface area contributed by atoms with Gasteiger partial charge in [-0.15, -0.1) is 0 Å². The van der Waals surface area contributed by atoms with Gasteiger partial charge in [-0.3, -0.25) is 0 Å². The molecule has 1 aromatic carbocycles. The van der Waals surface area contributed by atoms with E-state index < -0.39 is 0 Å². The van der Waals surface area contributed by atoms with Crippen molar-refractivity contribution in [2.75, 3.05) is 0 Å². The normalized spacial score (nSPS) is 16.3. The molecule has 0 fully saturated rings. The maximum Gasteiger partial charge on any atom is 0.0158 e. The molecule has 96 valence electrons. The number of hydrogen-bond acceptors (Lipinski definition) is 0. The molecular weight excluding hydrogens is 216 g/mol. The van der Waals surface area contributed by atoms with E-state index >= 15 is 0 Å². The molecule has 0 bridgehead atoms. The van der Waals surface area contributed by atoms with Crippen molar-refractivity contribution in [3.63, 3.8) is 0 Å². The van der Waals surface area contributed by atoms with Crippen LogP contribution in [0.3, 0.4) is 0 Å². The average Bonchev–Trinajstić information content (AvgIpc) is 2.62. The van der Waals surface area contributed by atoms with E-state index in [9.17, 15) is 0 Å². The Hall–Kier alpha value is -1.56. The molecular formula is C18H24. The molecule has 0 amide bonds. The van der Waals surface area contributed by atoms with Gasteiger partial charge in [-0.2, -0.15) is 0 Å². The average molecular weight is 240 g/mol. The van der Waals surface area contributed by atoms with Gasteiger partial charge in [-0.05, 0) is 29.2 Å². The van der Waals surface area contributed by atoms with Crippen LogP contribution < -0.4 is 0 Å². The molecule has 0 saturated heterocycles. The van der Waals surface area contributed by atoms with Crippen molar-refractivity contribution < 1.29 is 0 Å². The van der Waals surface area contributed by atoms with Crippen LogP contribution in [0.1, 0.15) is 45.7 Å².